The number of nitrogens with zero attached hydrogens (tertiary/aromatic N) is 1. The lowest BCUT2D eigenvalue weighted by Crippen LogP contribution is -2.36. The second-order valence-electron chi connectivity index (χ2n) is 5.49. The molecule has 0 saturated carbocycles. The van der Waals surface area contributed by atoms with Crippen LogP contribution < -0.4 is 10.1 Å². The van der Waals surface area contributed by atoms with Gasteiger partial charge in [0.25, 0.3) is 0 Å². The second kappa shape index (κ2) is 8.64. The van der Waals surface area contributed by atoms with E-state index in [9.17, 15) is 13.2 Å². The Bertz CT molecular complexity index is 807. The number of benzene rings is 2. The molecule has 0 bridgehead atoms. The van der Waals surface area contributed by atoms with Crippen molar-refractivity contribution in [3.63, 3.8) is 0 Å². The number of nitrogens with one attached hydrogen (secondary N) is 1. The number of sulfonamides is 1. The Morgan fingerprint density at radius 1 is 1.08 bits per heavy atom. The summed E-state index contributed by atoms with van der Waals surface area (Å²) >= 11 is 0. The van der Waals surface area contributed by atoms with Crippen molar-refractivity contribution in [2.45, 2.75) is 13.5 Å². The normalized spacial score (nSPS) is 11.3. The molecular weight excluding hydrogens is 340 g/mol. The van der Waals surface area contributed by atoms with Crippen LogP contribution in [0.2, 0.25) is 0 Å². The number of para-hydroxylation sites is 2. The molecule has 0 aliphatic rings. The van der Waals surface area contributed by atoms with Gasteiger partial charge in [-0.05, 0) is 24.6 Å². The lowest BCUT2D eigenvalue weighted by molar-refractivity contribution is -0.116. The number of anilines is 1. The summed E-state index contributed by atoms with van der Waals surface area (Å²) in [5.41, 5.74) is 1.33. The van der Waals surface area contributed by atoms with E-state index in [-0.39, 0.29) is 13.1 Å². The van der Waals surface area contributed by atoms with Crippen LogP contribution in [0.5, 0.6) is 5.75 Å². The number of hydrogen-bond donors (Lipinski definition) is 1. The van der Waals surface area contributed by atoms with E-state index >= 15 is 0 Å². The van der Waals surface area contributed by atoms with E-state index < -0.39 is 15.9 Å². The van der Waals surface area contributed by atoms with Gasteiger partial charge >= 0.3 is 0 Å². The van der Waals surface area contributed by atoms with Crippen molar-refractivity contribution in [1.29, 1.82) is 0 Å². The van der Waals surface area contributed by atoms with Crippen LogP contribution in [-0.2, 0) is 21.4 Å². The highest BCUT2D eigenvalue weighted by atomic mass is 32.2. The molecule has 0 unspecified atom stereocenters. The van der Waals surface area contributed by atoms with Crippen molar-refractivity contribution >= 4 is 21.6 Å². The number of hydrogen-bond acceptors (Lipinski definition) is 4. The lowest BCUT2D eigenvalue weighted by Gasteiger charge is -2.20. The van der Waals surface area contributed by atoms with Crippen molar-refractivity contribution in [3.8, 4) is 5.75 Å². The highest BCUT2D eigenvalue weighted by molar-refractivity contribution is 7.88. The first-order valence-electron chi connectivity index (χ1n) is 7.91. The van der Waals surface area contributed by atoms with Crippen LogP contribution in [0.1, 0.15) is 12.5 Å². The fourth-order valence-electron chi connectivity index (χ4n) is 2.28. The van der Waals surface area contributed by atoms with Crippen molar-refractivity contribution in [2.75, 3.05) is 24.7 Å². The maximum absolute atomic E-state index is 12.3. The number of rotatable bonds is 8. The van der Waals surface area contributed by atoms with Crippen molar-refractivity contribution in [2.24, 2.45) is 0 Å². The Hall–Kier alpha value is -2.38. The van der Waals surface area contributed by atoms with Crippen LogP contribution in [0, 0.1) is 0 Å². The number of ether oxygens (including phenoxy) is 1. The van der Waals surface area contributed by atoms with E-state index in [2.05, 4.69) is 5.32 Å². The van der Waals surface area contributed by atoms with Gasteiger partial charge in [0.2, 0.25) is 15.9 Å². The number of amides is 1. The van der Waals surface area contributed by atoms with Crippen LogP contribution >= 0.6 is 0 Å². The summed E-state index contributed by atoms with van der Waals surface area (Å²) in [5, 5.41) is 2.71. The molecule has 0 heterocycles. The number of carbonyl (C=O) groups is 1. The fraction of sp³-hybridized carbons (Fsp3) is 0.278. The summed E-state index contributed by atoms with van der Waals surface area (Å²) in [5.74, 6) is 0.126. The van der Waals surface area contributed by atoms with E-state index in [1.165, 1.54) is 0 Å². The average molecular weight is 362 g/mol. The summed E-state index contributed by atoms with van der Waals surface area (Å²) in [7, 11) is -3.53. The zero-order chi connectivity index (χ0) is 18.3. The maximum Gasteiger partial charge on any atom is 0.239 e. The van der Waals surface area contributed by atoms with Crippen LogP contribution in [0.15, 0.2) is 54.6 Å². The van der Waals surface area contributed by atoms with E-state index in [4.69, 9.17) is 4.74 Å². The van der Waals surface area contributed by atoms with E-state index in [1.54, 1.807) is 24.3 Å². The van der Waals surface area contributed by atoms with Gasteiger partial charge in [0.1, 0.15) is 5.75 Å². The molecule has 0 aliphatic carbocycles. The zero-order valence-corrected chi connectivity index (χ0v) is 15.1. The van der Waals surface area contributed by atoms with Crippen molar-refractivity contribution in [3.05, 3.63) is 60.2 Å². The molecule has 2 rings (SSSR count). The van der Waals surface area contributed by atoms with Crippen LogP contribution in [0.25, 0.3) is 0 Å². The van der Waals surface area contributed by atoms with E-state index in [0.717, 1.165) is 16.1 Å². The van der Waals surface area contributed by atoms with Crippen LogP contribution in [0.4, 0.5) is 5.69 Å². The second-order valence-corrected chi connectivity index (χ2v) is 7.48. The van der Waals surface area contributed by atoms with Crippen molar-refractivity contribution in [1.82, 2.24) is 4.31 Å². The minimum Gasteiger partial charge on any atom is -0.492 e. The minimum absolute atomic E-state index is 0.139. The van der Waals surface area contributed by atoms with Gasteiger partial charge in [0.15, 0.2) is 0 Å². The van der Waals surface area contributed by atoms with E-state index in [1.807, 2.05) is 37.3 Å². The Labute approximate surface area is 148 Å². The molecule has 0 aliphatic heterocycles. The minimum atomic E-state index is -3.53. The van der Waals surface area contributed by atoms with Gasteiger partial charge in [0, 0.05) is 6.54 Å². The standard InChI is InChI=1S/C18H22N2O4S/c1-3-24-17-12-8-7-11-16(17)19-18(21)14-20(25(2,22)23)13-15-9-5-4-6-10-15/h4-12H,3,13-14H2,1-2H3,(H,19,21). The van der Waals surface area contributed by atoms with Gasteiger partial charge in [-0.25, -0.2) is 8.42 Å². The molecule has 0 aromatic heterocycles. The molecule has 0 radical (unpaired) electrons. The molecule has 25 heavy (non-hydrogen) atoms. The van der Waals surface area contributed by atoms with Crippen LogP contribution in [0.3, 0.4) is 0 Å². The zero-order valence-electron chi connectivity index (χ0n) is 14.3. The monoisotopic (exact) mass is 362 g/mol. The molecule has 0 fully saturated rings. The Balaban J connectivity index is 2.10. The predicted octanol–water partition coefficient (Wildman–Crippen LogP) is 2.49. The smallest absolute Gasteiger partial charge is 0.239 e. The summed E-state index contributed by atoms with van der Waals surface area (Å²) in [6.45, 7) is 2.19. The Kier molecular flexibility index (Phi) is 6.55. The first-order chi connectivity index (χ1) is 11.9. The largest absolute Gasteiger partial charge is 0.492 e. The van der Waals surface area contributed by atoms with Gasteiger partial charge in [-0.2, -0.15) is 4.31 Å². The topological polar surface area (TPSA) is 75.7 Å². The molecule has 2 aromatic carbocycles. The molecule has 134 valence electrons. The third-order valence-electron chi connectivity index (χ3n) is 3.45. The van der Waals surface area contributed by atoms with Crippen molar-refractivity contribution < 1.29 is 17.9 Å². The third kappa shape index (κ3) is 5.88. The maximum atomic E-state index is 12.3. The molecular formula is C18H22N2O4S. The summed E-state index contributed by atoms with van der Waals surface area (Å²) in [4.78, 5) is 12.3. The molecule has 1 N–H and O–H groups in total. The molecule has 7 heteroatoms. The molecule has 0 atom stereocenters. The average Bonchev–Trinajstić information content (AvgIpc) is 2.56. The highest BCUT2D eigenvalue weighted by Gasteiger charge is 2.21. The van der Waals surface area contributed by atoms with Crippen LogP contribution in [-0.4, -0.2) is 38.0 Å². The summed E-state index contributed by atoms with van der Waals surface area (Å²) in [6, 6.07) is 16.2. The molecule has 1 amide bonds. The van der Waals surface area contributed by atoms with Gasteiger partial charge < -0.3 is 10.1 Å². The lowest BCUT2D eigenvalue weighted by atomic mass is 10.2. The summed E-state index contributed by atoms with van der Waals surface area (Å²) in [6.07, 6.45) is 1.09. The van der Waals surface area contributed by atoms with Gasteiger partial charge in [0.05, 0.1) is 25.1 Å². The van der Waals surface area contributed by atoms with Gasteiger partial charge in [-0.3, -0.25) is 4.79 Å². The third-order valence-corrected chi connectivity index (χ3v) is 4.65. The molecule has 6 nitrogen and oxygen atoms in total. The molecule has 2 aromatic rings. The first-order valence-corrected chi connectivity index (χ1v) is 9.75. The highest BCUT2D eigenvalue weighted by Crippen LogP contribution is 2.23. The van der Waals surface area contributed by atoms with E-state index in [0.29, 0.717) is 18.0 Å². The number of carbonyl (C=O) groups excluding carboxylic acids is 1. The molecule has 0 spiro atoms. The molecule has 0 saturated heterocycles. The Morgan fingerprint density at radius 2 is 1.72 bits per heavy atom. The van der Waals surface area contributed by atoms with Gasteiger partial charge in [-0.15, -0.1) is 0 Å². The first kappa shape index (κ1) is 19.0. The SMILES string of the molecule is CCOc1ccccc1NC(=O)CN(Cc1ccccc1)S(C)(=O)=O. The fourth-order valence-corrected chi connectivity index (χ4v) is 3.01. The summed E-state index contributed by atoms with van der Waals surface area (Å²) < 4.78 is 30.6. The predicted molar refractivity (Wildman–Crippen MR) is 97.9 cm³/mol. The van der Waals surface area contributed by atoms with Gasteiger partial charge in [-0.1, -0.05) is 42.5 Å². The quantitative estimate of drug-likeness (QED) is 0.783. The Morgan fingerprint density at radius 3 is 2.36 bits per heavy atom.